The van der Waals surface area contributed by atoms with Crippen molar-refractivity contribution in [3.8, 4) is 0 Å². The Labute approximate surface area is 116 Å². The zero-order valence-electron chi connectivity index (χ0n) is 11.8. The number of aliphatic hydroxyl groups excluding tert-OH is 1. The fraction of sp³-hybridized carbons (Fsp3) is 0.571. The molecule has 0 radical (unpaired) electrons. The van der Waals surface area contributed by atoms with Crippen molar-refractivity contribution in [3.05, 3.63) is 34.9 Å². The number of benzene rings is 1. The molecule has 0 bridgehead atoms. The van der Waals surface area contributed by atoms with Gasteiger partial charge in [0.2, 0.25) is 0 Å². The van der Waals surface area contributed by atoms with Gasteiger partial charge in [0.15, 0.2) is 8.32 Å². The van der Waals surface area contributed by atoms with Crippen LogP contribution < -0.4 is 0 Å². The maximum absolute atomic E-state index is 10.1. The zero-order valence-corrected chi connectivity index (χ0v) is 13.6. The third kappa shape index (κ3) is 3.82. The SMILES string of the molecule is CC(C)(C)[Si](C)(C)OC[C@H](O)c1ccccc1Cl. The second kappa shape index (κ2) is 5.74. The molecule has 1 N–H and O–H groups in total. The van der Waals surface area contributed by atoms with Gasteiger partial charge in [-0.05, 0) is 24.2 Å². The summed E-state index contributed by atoms with van der Waals surface area (Å²) < 4.78 is 6.00. The molecular formula is C14H23ClO2Si. The summed E-state index contributed by atoms with van der Waals surface area (Å²) in [7, 11) is -1.82. The molecular weight excluding hydrogens is 264 g/mol. The van der Waals surface area contributed by atoms with Gasteiger partial charge in [0, 0.05) is 10.6 Å². The smallest absolute Gasteiger partial charge is 0.192 e. The number of hydrogen-bond acceptors (Lipinski definition) is 2. The lowest BCUT2D eigenvalue weighted by Crippen LogP contribution is -2.41. The molecule has 0 spiro atoms. The monoisotopic (exact) mass is 286 g/mol. The van der Waals surface area contributed by atoms with Crippen molar-refractivity contribution >= 4 is 19.9 Å². The topological polar surface area (TPSA) is 29.5 Å². The van der Waals surface area contributed by atoms with E-state index in [1.807, 2.05) is 18.2 Å². The van der Waals surface area contributed by atoms with Crippen LogP contribution in [0.15, 0.2) is 24.3 Å². The maximum atomic E-state index is 10.1. The summed E-state index contributed by atoms with van der Waals surface area (Å²) in [6, 6.07) is 7.35. The molecule has 1 aromatic carbocycles. The fourth-order valence-corrected chi connectivity index (χ4v) is 2.61. The summed E-state index contributed by atoms with van der Waals surface area (Å²) in [5.41, 5.74) is 0.734. The van der Waals surface area contributed by atoms with Crippen LogP contribution in [0.25, 0.3) is 0 Å². The quantitative estimate of drug-likeness (QED) is 0.832. The van der Waals surface area contributed by atoms with E-state index in [2.05, 4.69) is 33.9 Å². The van der Waals surface area contributed by atoms with Crippen LogP contribution in [0.3, 0.4) is 0 Å². The minimum Gasteiger partial charge on any atom is -0.414 e. The molecule has 102 valence electrons. The molecule has 0 heterocycles. The van der Waals surface area contributed by atoms with Crippen molar-refractivity contribution in [1.82, 2.24) is 0 Å². The Balaban J connectivity index is 2.68. The predicted octanol–water partition coefficient (Wildman–Crippen LogP) is 4.40. The van der Waals surface area contributed by atoms with Gasteiger partial charge in [-0.2, -0.15) is 0 Å². The Hall–Kier alpha value is -0.353. The molecule has 0 aromatic heterocycles. The van der Waals surface area contributed by atoms with Gasteiger partial charge in [-0.25, -0.2) is 0 Å². The first-order valence-electron chi connectivity index (χ1n) is 6.21. The molecule has 1 aromatic rings. The highest BCUT2D eigenvalue weighted by Crippen LogP contribution is 2.37. The van der Waals surface area contributed by atoms with Gasteiger partial charge in [0.1, 0.15) is 6.10 Å². The Kier molecular flexibility index (Phi) is 5.01. The molecule has 0 aliphatic carbocycles. The van der Waals surface area contributed by atoms with E-state index >= 15 is 0 Å². The Morgan fingerprint density at radius 1 is 1.28 bits per heavy atom. The highest BCUT2D eigenvalue weighted by atomic mass is 35.5. The van der Waals surface area contributed by atoms with Crippen molar-refractivity contribution < 1.29 is 9.53 Å². The van der Waals surface area contributed by atoms with Gasteiger partial charge in [-0.1, -0.05) is 50.6 Å². The summed E-state index contributed by atoms with van der Waals surface area (Å²) >= 11 is 6.05. The lowest BCUT2D eigenvalue weighted by Gasteiger charge is -2.36. The van der Waals surface area contributed by atoms with E-state index < -0.39 is 14.4 Å². The van der Waals surface area contributed by atoms with E-state index in [0.29, 0.717) is 11.6 Å². The van der Waals surface area contributed by atoms with E-state index in [1.54, 1.807) is 6.07 Å². The molecule has 0 aliphatic heterocycles. The third-order valence-electron chi connectivity index (χ3n) is 3.67. The Morgan fingerprint density at radius 2 is 1.83 bits per heavy atom. The fourth-order valence-electron chi connectivity index (χ4n) is 1.34. The van der Waals surface area contributed by atoms with Crippen LogP contribution >= 0.6 is 11.6 Å². The van der Waals surface area contributed by atoms with E-state index in [1.165, 1.54) is 0 Å². The van der Waals surface area contributed by atoms with Crippen LogP contribution in [0.5, 0.6) is 0 Å². The van der Waals surface area contributed by atoms with Gasteiger partial charge in [-0.3, -0.25) is 0 Å². The highest BCUT2D eigenvalue weighted by molar-refractivity contribution is 6.74. The maximum Gasteiger partial charge on any atom is 0.192 e. The molecule has 0 saturated carbocycles. The van der Waals surface area contributed by atoms with Crippen LogP contribution in [0.2, 0.25) is 23.2 Å². The first kappa shape index (κ1) is 15.7. The van der Waals surface area contributed by atoms with Gasteiger partial charge < -0.3 is 9.53 Å². The van der Waals surface area contributed by atoms with Gasteiger partial charge in [0.25, 0.3) is 0 Å². The van der Waals surface area contributed by atoms with Crippen LogP contribution in [-0.4, -0.2) is 20.0 Å². The summed E-state index contributed by atoms with van der Waals surface area (Å²) in [5.74, 6) is 0. The van der Waals surface area contributed by atoms with Gasteiger partial charge in [-0.15, -0.1) is 0 Å². The molecule has 18 heavy (non-hydrogen) atoms. The minimum absolute atomic E-state index is 0.146. The van der Waals surface area contributed by atoms with Crippen LogP contribution in [0, 0.1) is 0 Å². The number of halogens is 1. The standard InChI is InChI=1S/C14H23ClO2Si/c1-14(2,3)18(4,5)17-10-13(16)11-8-6-7-9-12(11)15/h6-9,13,16H,10H2,1-5H3/t13-/m0/s1. The molecule has 2 nitrogen and oxygen atoms in total. The number of hydrogen-bond donors (Lipinski definition) is 1. The van der Waals surface area contributed by atoms with E-state index in [9.17, 15) is 5.11 Å². The predicted molar refractivity (Wildman–Crippen MR) is 79.6 cm³/mol. The number of rotatable bonds is 4. The van der Waals surface area contributed by atoms with E-state index in [4.69, 9.17) is 16.0 Å². The molecule has 4 heteroatoms. The molecule has 0 fully saturated rings. The normalized spacial score (nSPS) is 14.6. The molecule has 1 atom stereocenters. The highest BCUT2D eigenvalue weighted by Gasteiger charge is 2.37. The summed E-state index contributed by atoms with van der Waals surface area (Å²) in [4.78, 5) is 0. The second-order valence-electron chi connectivity index (χ2n) is 6.11. The first-order valence-corrected chi connectivity index (χ1v) is 9.50. The average Bonchev–Trinajstić information content (AvgIpc) is 2.25. The van der Waals surface area contributed by atoms with Crippen molar-refractivity contribution in [2.45, 2.75) is 45.0 Å². The molecule has 0 unspecified atom stereocenters. The van der Waals surface area contributed by atoms with Crippen molar-refractivity contribution in [2.75, 3.05) is 6.61 Å². The van der Waals surface area contributed by atoms with Crippen LogP contribution in [0.1, 0.15) is 32.4 Å². The van der Waals surface area contributed by atoms with E-state index in [0.717, 1.165) is 5.56 Å². The van der Waals surface area contributed by atoms with Gasteiger partial charge in [0.05, 0.1) is 6.61 Å². The molecule has 0 aliphatic rings. The Morgan fingerprint density at radius 3 is 2.33 bits per heavy atom. The Bertz CT molecular complexity index is 399. The van der Waals surface area contributed by atoms with Crippen LogP contribution in [0.4, 0.5) is 0 Å². The molecule has 0 amide bonds. The lowest BCUT2D eigenvalue weighted by molar-refractivity contribution is 0.100. The van der Waals surface area contributed by atoms with Crippen molar-refractivity contribution in [1.29, 1.82) is 0 Å². The van der Waals surface area contributed by atoms with Gasteiger partial charge >= 0.3 is 0 Å². The van der Waals surface area contributed by atoms with E-state index in [-0.39, 0.29) is 5.04 Å². The molecule has 1 rings (SSSR count). The van der Waals surface area contributed by atoms with Crippen molar-refractivity contribution in [3.63, 3.8) is 0 Å². The number of aliphatic hydroxyl groups is 1. The average molecular weight is 287 g/mol. The second-order valence-corrected chi connectivity index (χ2v) is 11.3. The third-order valence-corrected chi connectivity index (χ3v) is 8.52. The summed E-state index contributed by atoms with van der Waals surface area (Å²) in [5, 5.41) is 10.9. The first-order chi connectivity index (χ1) is 8.15. The minimum atomic E-state index is -1.82. The van der Waals surface area contributed by atoms with Crippen LogP contribution in [-0.2, 0) is 4.43 Å². The molecule has 0 saturated heterocycles. The largest absolute Gasteiger partial charge is 0.414 e. The summed E-state index contributed by atoms with van der Waals surface area (Å²) in [6.45, 7) is 11.2. The summed E-state index contributed by atoms with van der Waals surface area (Å²) in [6.07, 6.45) is -0.659. The lowest BCUT2D eigenvalue weighted by atomic mass is 10.1. The van der Waals surface area contributed by atoms with Crippen molar-refractivity contribution in [2.24, 2.45) is 0 Å². The zero-order chi connectivity index (χ0) is 14.0.